The Morgan fingerprint density at radius 2 is 1.34 bits per heavy atom. The van der Waals surface area contributed by atoms with Gasteiger partial charge in [-0.3, -0.25) is 4.57 Å². The molecule has 250 valence electrons. The fraction of sp³-hybridized carbons (Fsp3) is 0.222. The number of ether oxygens (including phenoxy) is 1. The predicted octanol–water partition coefficient (Wildman–Crippen LogP) is 11.7. The topological polar surface area (TPSA) is 33.5 Å². The van der Waals surface area contributed by atoms with Gasteiger partial charge in [-0.2, -0.15) is 0 Å². The molecule has 0 spiro atoms. The van der Waals surface area contributed by atoms with Crippen LogP contribution in [0.5, 0.6) is 11.5 Å². The van der Waals surface area contributed by atoms with Crippen molar-refractivity contribution in [2.75, 3.05) is 16.5 Å². The molecule has 3 heterocycles. The zero-order chi connectivity index (χ0) is 34.6. The molecule has 7 aromatic rings. The summed E-state index contributed by atoms with van der Waals surface area (Å²) in [4.78, 5) is 9.71. The molecule has 5 aromatic carbocycles. The van der Waals surface area contributed by atoms with Gasteiger partial charge in [-0.25, -0.2) is 4.98 Å². The number of aromatic nitrogens is 2. The van der Waals surface area contributed by atoms with E-state index in [1.165, 1.54) is 38.8 Å². The van der Waals surface area contributed by atoms with Gasteiger partial charge in [0.2, 0.25) is 0 Å². The van der Waals surface area contributed by atoms with Crippen molar-refractivity contribution in [1.82, 2.24) is 9.55 Å². The summed E-state index contributed by atoms with van der Waals surface area (Å²) in [6, 6.07) is 45.3. The van der Waals surface area contributed by atoms with Gasteiger partial charge >= 0.3 is 0 Å². The van der Waals surface area contributed by atoms with E-state index in [0.717, 1.165) is 47.3 Å². The summed E-state index contributed by atoms with van der Waals surface area (Å²) in [5.41, 5.74) is 9.82. The molecular formula is C45H44N4O. The summed E-state index contributed by atoms with van der Waals surface area (Å²) in [5.74, 6) is 2.49. The molecule has 0 atom stereocenters. The molecule has 0 bridgehead atoms. The first-order chi connectivity index (χ1) is 24.0. The highest BCUT2D eigenvalue weighted by Gasteiger charge is 2.28. The third-order valence-corrected chi connectivity index (χ3v) is 9.86. The van der Waals surface area contributed by atoms with Crippen LogP contribution in [0.3, 0.4) is 0 Å². The van der Waals surface area contributed by atoms with Crippen molar-refractivity contribution < 1.29 is 4.74 Å². The van der Waals surface area contributed by atoms with Gasteiger partial charge in [0.1, 0.15) is 17.3 Å². The third kappa shape index (κ3) is 5.77. The summed E-state index contributed by atoms with van der Waals surface area (Å²) in [7, 11) is 0. The Balaban J connectivity index is 1.12. The molecule has 0 fully saturated rings. The minimum absolute atomic E-state index is 0.0134. The lowest BCUT2D eigenvalue weighted by Gasteiger charge is -2.27. The van der Waals surface area contributed by atoms with Crippen molar-refractivity contribution >= 4 is 38.9 Å². The predicted molar refractivity (Wildman–Crippen MR) is 209 cm³/mol. The Bertz CT molecular complexity index is 2360. The van der Waals surface area contributed by atoms with Gasteiger partial charge in [0, 0.05) is 41.3 Å². The summed E-state index contributed by atoms with van der Waals surface area (Å²) in [6.07, 6.45) is 1.92. The van der Waals surface area contributed by atoms with E-state index in [-0.39, 0.29) is 10.8 Å². The molecule has 0 saturated heterocycles. The Labute approximate surface area is 295 Å². The second kappa shape index (κ2) is 12.1. The monoisotopic (exact) mass is 656 g/mol. The van der Waals surface area contributed by atoms with E-state index in [4.69, 9.17) is 9.72 Å². The second-order valence-electron chi connectivity index (χ2n) is 15.4. The van der Waals surface area contributed by atoms with Crippen LogP contribution >= 0.6 is 0 Å². The molecule has 2 aromatic heterocycles. The SMILES string of the molecule is CC(C)(C)c1ccnc(-n2c3ccccc3c3ccc(Oc4cccc(N5CN(Cc6ccccc6C(C)(C)C)c6ccccc65)c4)cc32)c1. The van der Waals surface area contributed by atoms with E-state index in [0.29, 0.717) is 0 Å². The van der Waals surface area contributed by atoms with Gasteiger partial charge < -0.3 is 14.5 Å². The maximum Gasteiger partial charge on any atom is 0.137 e. The largest absolute Gasteiger partial charge is 0.457 e. The molecule has 0 saturated carbocycles. The zero-order valence-corrected chi connectivity index (χ0v) is 29.8. The molecule has 1 aliphatic rings. The lowest BCUT2D eigenvalue weighted by atomic mass is 9.83. The van der Waals surface area contributed by atoms with Crippen LogP contribution in [0, 0.1) is 0 Å². The van der Waals surface area contributed by atoms with Crippen LogP contribution in [0.15, 0.2) is 134 Å². The van der Waals surface area contributed by atoms with Gasteiger partial charge in [-0.1, -0.05) is 102 Å². The number of para-hydroxylation sites is 3. The summed E-state index contributed by atoms with van der Waals surface area (Å²) in [6.45, 7) is 15.2. The second-order valence-corrected chi connectivity index (χ2v) is 15.4. The normalized spacial score (nSPS) is 13.3. The van der Waals surface area contributed by atoms with Crippen molar-refractivity contribution in [2.45, 2.75) is 58.9 Å². The van der Waals surface area contributed by atoms with Crippen LogP contribution in [0.25, 0.3) is 27.6 Å². The summed E-state index contributed by atoms with van der Waals surface area (Å²) in [5, 5.41) is 2.37. The Morgan fingerprint density at radius 3 is 2.16 bits per heavy atom. The van der Waals surface area contributed by atoms with Crippen molar-refractivity contribution in [3.63, 3.8) is 0 Å². The first kappa shape index (κ1) is 31.7. The van der Waals surface area contributed by atoms with Crippen LogP contribution < -0.4 is 14.5 Å². The maximum atomic E-state index is 6.64. The Hall–Kier alpha value is -5.55. The highest BCUT2D eigenvalue weighted by Crippen LogP contribution is 2.43. The van der Waals surface area contributed by atoms with Crippen LogP contribution in [0.4, 0.5) is 17.1 Å². The highest BCUT2D eigenvalue weighted by molar-refractivity contribution is 6.09. The average Bonchev–Trinajstić information content (AvgIpc) is 3.63. The smallest absolute Gasteiger partial charge is 0.137 e. The summed E-state index contributed by atoms with van der Waals surface area (Å²) < 4.78 is 8.90. The zero-order valence-electron chi connectivity index (χ0n) is 29.8. The molecule has 0 N–H and O–H groups in total. The van der Waals surface area contributed by atoms with Gasteiger partial charge in [-0.15, -0.1) is 0 Å². The highest BCUT2D eigenvalue weighted by atomic mass is 16.5. The number of pyridine rings is 1. The van der Waals surface area contributed by atoms with E-state index >= 15 is 0 Å². The van der Waals surface area contributed by atoms with E-state index < -0.39 is 0 Å². The standard InChI is InChI=1S/C45H44N4O/c1-44(2,3)32-24-25-46-43(26-32)49-39-19-10-8-17-36(39)37-23-22-35(28-42(37)49)50-34-16-13-15-33(27-34)48-30-47(40-20-11-12-21-41(40)48)29-31-14-7-9-18-38(31)45(4,5)6/h7-28H,29-30H2,1-6H3. The lowest BCUT2D eigenvalue weighted by Crippen LogP contribution is -2.28. The molecule has 5 nitrogen and oxygen atoms in total. The average molecular weight is 657 g/mol. The van der Waals surface area contributed by atoms with Crippen molar-refractivity contribution in [3.05, 3.63) is 150 Å². The molecule has 0 radical (unpaired) electrons. The third-order valence-electron chi connectivity index (χ3n) is 9.86. The number of rotatable bonds is 6. The summed E-state index contributed by atoms with van der Waals surface area (Å²) >= 11 is 0. The molecular weight excluding hydrogens is 613 g/mol. The molecule has 0 aliphatic carbocycles. The van der Waals surface area contributed by atoms with Crippen molar-refractivity contribution in [1.29, 1.82) is 0 Å². The van der Waals surface area contributed by atoms with Crippen LogP contribution in [0.2, 0.25) is 0 Å². The minimum atomic E-state index is 0.0134. The quantitative estimate of drug-likeness (QED) is 0.178. The van der Waals surface area contributed by atoms with Gasteiger partial charge in [0.25, 0.3) is 0 Å². The number of hydrogen-bond acceptors (Lipinski definition) is 4. The molecule has 5 heteroatoms. The first-order valence-electron chi connectivity index (χ1n) is 17.5. The fourth-order valence-electron chi connectivity index (χ4n) is 7.35. The molecule has 0 unspecified atom stereocenters. The van der Waals surface area contributed by atoms with Gasteiger partial charge in [0.05, 0.1) is 29.1 Å². The van der Waals surface area contributed by atoms with Crippen molar-refractivity contribution in [2.24, 2.45) is 0 Å². The molecule has 50 heavy (non-hydrogen) atoms. The van der Waals surface area contributed by atoms with Crippen LogP contribution in [-0.4, -0.2) is 16.2 Å². The van der Waals surface area contributed by atoms with Gasteiger partial charge in [0.15, 0.2) is 0 Å². The van der Waals surface area contributed by atoms with E-state index in [1.807, 2.05) is 12.3 Å². The van der Waals surface area contributed by atoms with Crippen molar-refractivity contribution in [3.8, 4) is 17.3 Å². The van der Waals surface area contributed by atoms with Crippen LogP contribution in [0.1, 0.15) is 58.2 Å². The first-order valence-corrected chi connectivity index (χ1v) is 17.5. The van der Waals surface area contributed by atoms with Crippen LogP contribution in [-0.2, 0) is 17.4 Å². The molecule has 0 amide bonds. The fourth-order valence-corrected chi connectivity index (χ4v) is 7.35. The Morgan fingerprint density at radius 1 is 0.620 bits per heavy atom. The van der Waals surface area contributed by atoms with E-state index in [2.05, 4.69) is 177 Å². The molecule has 8 rings (SSSR count). The molecule has 1 aliphatic heterocycles. The number of benzene rings is 5. The number of nitrogens with zero attached hydrogens (tertiary/aromatic N) is 4. The maximum absolute atomic E-state index is 6.64. The van der Waals surface area contributed by atoms with E-state index in [9.17, 15) is 0 Å². The number of fused-ring (bicyclic) bond motifs is 4. The number of anilines is 3. The minimum Gasteiger partial charge on any atom is -0.457 e. The Kier molecular flexibility index (Phi) is 7.67. The lowest BCUT2D eigenvalue weighted by molar-refractivity contribution is 0.483. The van der Waals surface area contributed by atoms with Gasteiger partial charge in [-0.05, 0) is 82.1 Å². The number of hydrogen-bond donors (Lipinski definition) is 0. The van der Waals surface area contributed by atoms with E-state index in [1.54, 1.807) is 0 Å².